The second-order valence-electron chi connectivity index (χ2n) is 19.8. The van der Waals surface area contributed by atoms with Crippen LogP contribution in [0, 0.1) is 0 Å². The summed E-state index contributed by atoms with van der Waals surface area (Å²) < 4.78 is 11.2. The molecule has 402 valence electrons. The van der Waals surface area contributed by atoms with E-state index < -0.39 is 61.5 Å². The van der Waals surface area contributed by atoms with Crippen LogP contribution in [0.1, 0.15) is 245 Å². The van der Waals surface area contributed by atoms with Gasteiger partial charge in [-0.3, -0.25) is 4.79 Å². The molecule has 10 heteroatoms. The molecule has 7 N–H and O–H groups in total. The fourth-order valence-corrected chi connectivity index (χ4v) is 8.76. The third-order valence-corrected chi connectivity index (χ3v) is 13.4. The number of hydrogen-bond donors (Lipinski definition) is 7. The molecule has 1 fully saturated rings. The van der Waals surface area contributed by atoms with E-state index in [1.165, 1.54) is 161 Å². The van der Waals surface area contributed by atoms with Crippen LogP contribution in [-0.2, 0) is 14.3 Å². The number of aliphatic hydroxyl groups is 6. The van der Waals surface area contributed by atoms with Gasteiger partial charge in [-0.05, 0) is 77.0 Å². The van der Waals surface area contributed by atoms with Crippen molar-refractivity contribution in [1.82, 2.24) is 5.32 Å². The van der Waals surface area contributed by atoms with Crippen LogP contribution in [0.25, 0.3) is 0 Å². The fourth-order valence-electron chi connectivity index (χ4n) is 8.76. The highest BCUT2D eigenvalue weighted by atomic mass is 16.7. The van der Waals surface area contributed by atoms with Gasteiger partial charge in [0.05, 0.1) is 25.4 Å². The Kier molecular flexibility index (Phi) is 45.3. The number of unbranched alkanes of at least 4 members (excludes halogenated alkanes) is 29. The summed E-state index contributed by atoms with van der Waals surface area (Å²) in [5, 5.41) is 64.9. The molecule has 0 bridgehead atoms. The minimum absolute atomic E-state index is 0.297. The second kappa shape index (κ2) is 48.1. The van der Waals surface area contributed by atoms with E-state index in [-0.39, 0.29) is 6.61 Å². The number of amides is 1. The van der Waals surface area contributed by atoms with Crippen molar-refractivity contribution in [1.29, 1.82) is 0 Å². The SMILES string of the molecule is CCCCCCCC/C=C/CC/C=C/CC/C=C/C(O)C(COC1OC(CO)C(O)C(O)C1O)NC(=O)C(O)CCCCCCCCCCCCCC/C=C\C/C=C\CCCCCCCCCCC. The highest BCUT2D eigenvalue weighted by Crippen LogP contribution is 2.23. The second-order valence-corrected chi connectivity index (χ2v) is 19.8. The van der Waals surface area contributed by atoms with Crippen molar-refractivity contribution < 1.29 is 44.9 Å². The fraction of sp³-hybridized carbons (Fsp3) is 0.814. The Balaban J connectivity index is 2.27. The smallest absolute Gasteiger partial charge is 0.249 e. The first-order valence-corrected chi connectivity index (χ1v) is 28.6. The molecule has 1 amide bonds. The monoisotopic (exact) mass is 974 g/mol. The van der Waals surface area contributed by atoms with Crippen LogP contribution in [0.5, 0.6) is 0 Å². The van der Waals surface area contributed by atoms with Crippen LogP contribution in [0.15, 0.2) is 60.8 Å². The predicted molar refractivity (Wildman–Crippen MR) is 287 cm³/mol. The zero-order valence-corrected chi connectivity index (χ0v) is 44.2. The Morgan fingerprint density at radius 1 is 0.507 bits per heavy atom. The van der Waals surface area contributed by atoms with Crippen LogP contribution < -0.4 is 5.32 Å². The van der Waals surface area contributed by atoms with E-state index in [0.717, 1.165) is 51.4 Å². The number of carbonyl (C=O) groups excluding carboxylic acids is 1. The van der Waals surface area contributed by atoms with Crippen LogP contribution in [0.2, 0.25) is 0 Å². The summed E-state index contributed by atoms with van der Waals surface area (Å²) in [6, 6.07) is -1.01. The van der Waals surface area contributed by atoms with Crippen molar-refractivity contribution >= 4 is 5.91 Å². The number of aliphatic hydroxyl groups excluding tert-OH is 6. The lowest BCUT2D eigenvalue weighted by molar-refractivity contribution is -0.302. The molecule has 1 saturated heterocycles. The first kappa shape index (κ1) is 64.9. The largest absolute Gasteiger partial charge is 0.394 e. The lowest BCUT2D eigenvalue weighted by atomic mass is 9.99. The third-order valence-electron chi connectivity index (χ3n) is 13.4. The summed E-state index contributed by atoms with van der Waals surface area (Å²) in [7, 11) is 0. The van der Waals surface area contributed by atoms with Gasteiger partial charge in [0, 0.05) is 0 Å². The molecule has 0 aromatic heterocycles. The van der Waals surface area contributed by atoms with E-state index >= 15 is 0 Å². The van der Waals surface area contributed by atoms with Crippen molar-refractivity contribution in [3.63, 3.8) is 0 Å². The van der Waals surface area contributed by atoms with Gasteiger partial charge in [-0.25, -0.2) is 0 Å². The maximum absolute atomic E-state index is 13.1. The Morgan fingerprint density at radius 3 is 1.35 bits per heavy atom. The maximum Gasteiger partial charge on any atom is 0.249 e. The molecular weight excluding hydrogens is 867 g/mol. The van der Waals surface area contributed by atoms with E-state index in [2.05, 4.69) is 67.8 Å². The lowest BCUT2D eigenvalue weighted by Gasteiger charge is -2.40. The van der Waals surface area contributed by atoms with Gasteiger partial charge >= 0.3 is 0 Å². The molecule has 69 heavy (non-hydrogen) atoms. The number of hydrogen-bond acceptors (Lipinski definition) is 9. The lowest BCUT2D eigenvalue weighted by Crippen LogP contribution is -2.60. The molecule has 0 aromatic carbocycles. The van der Waals surface area contributed by atoms with E-state index in [1.807, 2.05) is 6.08 Å². The molecule has 0 aromatic rings. The molecule has 1 heterocycles. The van der Waals surface area contributed by atoms with Crippen molar-refractivity contribution in [2.75, 3.05) is 13.2 Å². The van der Waals surface area contributed by atoms with E-state index in [1.54, 1.807) is 6.08 Å². The molecule has 8 unspecified atom stereocenters. The van der Waals surface area contributed by atoms with Gasteiger partial charge in [0.25, 0.3) is 0 Å². The van der Waals surface area contributed by atoms with E-state index in [4.69, 9.17) is 9.47 Å². The van der Waals surface area contributed by atoms with Crippen LogP contribution in [0.4, 0.5) is 0 Å². The Morgan fingerprint density at radius 2 is 0.899 bits per heavy atom. The Bertz CT molecular complexity index is 1280. The van der Waals surface area contributed by atoms with Gasteiger partial charge in [-0.1, -0.05) is 229 Å². The summed E-state index contributed by atoms with van der Waals surface area (Å²) in [6.07, 6.45) is 54.7. The molecule has 10 nitrogen and oxygen atoms in total. The van der Waals surface area contributed by atoms with Gasteiger partial charge in [-0.15, -0.1) is 0 Å². The third kappa shape index (κ3) is 37.3. The van der Waals surface area contributed by atoms with E-state index in [9.17, 15) is 35.4 Å². The van der Waals surface area contributed by atoms with Crippen LogP contribution >= 0.6 is 0 Å². The minimum Gasteiger partial charge on any atom is -0.394 e. The normalized spacial score (nSPS) is 20.4. The van der Waals surface area contributed by atoms with Gasteiger partial charge in [0.15, 0.2) is 6.29 Å². The summed E-state index contributed by atoms with van der Waals surface area (Å²) in [6.45, 7) is 3.59. The summed E-state index contributed by atoms with van der Waals surface area (Å²) in [5.74, 6) is -0.632. The van der Waals surface area contributed by atoms with Crippen molar-refractivity contribution in [2.24, 2.45) is 0 Å². The first-order valence-electron chi connectivity index (χ1n) is 28.6. The van der Waals surface area contributed by atoms with Gasteiger partial charge in [-0.2, -0.15) is 0 Å². The summed E-state index contributed by atoms with van der Waals surface area (Å²) >= 11 is 0. The molecule has 0 saturated carbocycles. The van der Waals surface area contributed by atoms with Gasteiger partial charge in [0.2, 0.25) is 5.91 Å². The van der Waals surface area contributed by atoms with Crippen molar-refractivity contribution in [3.8, 4) is 0 Å². The van der Waals surface area contributed by atoms with Crippen LogP contribution in [0.3, 0.4) is 0 Å². The summed E-state index contributed by atoms with van der Waals surface area (Å²) in [4.78, 5) is 13.1. The van der Waals surface area contributed by atoms with Crippen LogP contribution in [-0.4, -0.2) is 98.7 Å². The number of allylic oxidation sites excluding steroid dienone is 9. The molecular formula is C59H107NO9. The topological polar surface area (TPSA) is 169 Å². The van der Waals surface area contributed by atoms with E-state index in [0.29, 0.717) is 19.3 Å². The number of carbonyl (C=O) groups is 1. The molecule has 1 aliphatic heterocycles. The number of nitrogens with one attached hydrogen (secondary N) is 1. The molecule has 1 rings (SSSR count). The average Bonchev–Trinajstić information content (AvgIpc) is 3.35. The predicted octanol–water partition coefficient (Wildman–Crippen LogP) is 12.9. The first-order chi connectivity index (χ1) is 33.8. The highest BCUT2D eigenvalue weighted by molar-refractivity contribution is 5.80. The minimum atomic E-state index is -1.62. The van der Waals surface area contributed by atoms with Crippen molar-refractivity contribution in [3.05, 3.63) is 60.8 Å². The standard InChI is InChI=1S/C59H107NO9/c1-3-5-7-9-11-13-15-17-19-21-22-23-24-25-26-27-28-29-30-31-32-34-36-38-40-42-44-46-48-53(63)58(67)60-51(50-68-59-57(66)56(65)55(64)54(49-61)69-59)52(62)47-45-43-41-39-37-35-33-20-18-16-14-12-10-8-6-4-2/h18,20,22-23,25-26,37,39,45,47,51-57,59,61-66H,3-17,19,21,24,27-36,38,40-44,46,48-50H2,1-2H3,(H,60,67)/b20-18+,23-22-,26-25-,39-37+,47-45+. The number of ether oxygens (including phenoxy) is 2. The zero-order valence-electron chi connectivity index (χ0n) is 44.2. The molecule has 1 aliphatic rings. The zero-order chi connectivity index (χ0) is 50.3. The summed E-state index contributed by atoms with van der Waals surface area (Å²) in [5.41, 5.74) is 0. The van der Waals surface area contributed by atoms with Gasteiger partial charge in [0.1, 0.15) is 30.5 Å². The molecule has 0 aliphatic carbocycles. The molecule has 8 atom stereocenters. The average molecular weight is 975 g/mol. The Hall–Kier alpha value is -2.15. The van der Waals surface area contributed by atoms with Crippen molar-refractivity contribution in [2.45, 2.75) is 294 Å². The van der Waals surface area contributed by atoms with Gasteiger partial charge < -0.3 is 45.4 Å². The Labute approximate surface area is 422 Å². The molecule has 0 spiro atoms. The maximum atomic E-state index is 13.1. The number of rotatable bonds is 48. The quantitative estimate of drug-likeness (QED) is 0.0232. The molecule has 0 radical (unpaired) electrons. The highest BCUT2D eigenvalue weighted by Gasteiger charge is 2.44.